The Labute approximate surface area is 164 Å². The number of methoxy groups -OCH3 is 2. The molecule has 6 heteroatoms. The molecule has 1 N–H and O–H groups in total. The molecule has 3 aromatic rings. The second-order valence-corrected chi connectivity index (χ2v) is 6.78. The summed E-state index contributed by atoms with van der Waals surface area (Å²) in [5, 5.41) is 4.04. The molecule has 0 radical (unpaired) electrons. The third kappa shape index (κ3) is 3.33. The molecule has 0 unspecified atom stereocenters. The molecule has 28 heavy (non-hydrogen) atoms. The highest BCUT2D eigenvalue weighted by Crippen LogP contribution is 2.37. The normalized spacial score (nSPS) is 16.2. The van der Waals surface area contributed by atoms with Gasteiger partial charge in [0.25, 0.3) is 0 Å². The van der Waals surface area contributed by atoms with Crippen molar-refractivity contribution in [3.8, 4) is 11.5 Å². The Morgan fingerprint density at radius 1 is 1.11 bits per heavy atom. The molecular formula is C22H23N3O3. The summed E-state index contributed by atoms with van der Waals surface area (Å²) >= 11 is 0. The lowest BCUT2D eigenvalue weighted by Gasteiger charge is -2.26. The van der Waals surface area contributed by atoms with Gasteiger partial charge in [-0.25, -0.2) is 4.79 Å². The highest BCUT2D eigenvalue weighted by atomic mass is 16.5. The van der Waals surface area contributed by atoms with Gasteiger partial charge in [0.2, 0.25) is 0 Å². The Hall–Kier alpha value is -3.28. The van der Waals surface area contributed by atoms with Gasteiger partial charge in [-0.1, -0.05) is 24.3 Å². The van der Waals surface area contributed by atoms with Crippen molar-refractivity contribution in [2.45, 2.75) is 18.9 Å². The van der Waals surface area contributed by atoms with Crippen LogP contribution in [-0.4, -0.2) is 36.7 Å². The number of rotatable bonds is 4. The standard InChI is InChI=1S/C22H23N3O3/c1-27-19-11-10-16(14-20(19)28-2)18-9-5-13-25(18)22(26)24-17-8-3-6-15-7-4-12-23-21(15)17/h3-4,6-8,10-12,14,18H,5,9,13H2,1-2H3,(H,24,26)/t18-/m0/s1. The van der Waals surface area contributed by atoms with Gasteiger partial charge in [-0.05, 0) is 42.7 Å². The van der Waals surface area contributed by atoms with Gasteiger partial charge in [0.05, 0.1) is 31.5 Å². The summed E-state index contributed by atoms with van der Waals surface area (Å²) < 4.78 is 10.7. The first kappa shape index (κ1) is 18.1. The monoisotopic (exact) mass is 377 g/mol. The zero-order valence-electron chi connectivity index (χ0n) is 16.0. The number of fused-ring (bicyclic) bond motifs is 1. The number of pyridine rings is 1. The number of nitrogens with zero attached hydrogens (tertiary/aromatic N) is 2. The lowest BCUT2D eigenvalue weighted by atomic mass is 10.0. The highest BCUT2D eigenvalue weighted by Gasteiger charge is 2.31. The summed E-state index contributed by atoms with van der Waals surface area (Å²) in [4.78, 5) is 19.3. The number of hydrogen-bond acceptors (Lipinski definition) is 4. The molecule has 2 heterocycles. The van der Waals surface area contributed by atoms with Crippen molar-refractivity contribution in [1.29, 1.82) is 0 Å². The van der Waals surface area contributed by atoms with Gasteiger partial charge in [0.1, 0.15) is 0 Å². The van der Waals surface area contributed by atoms with Gasteiger partial charge in [0, 0.05) is 18.1 Å². The van der Waals surface area contributed by atoms with Gasteiger partial charge in [-0.15, -0.1) is 0 Å². The molecule has 1 atom stereocenters. The number of carbonyl (C=O) groups excluding carboxylic acids is 1. The molecule has 0 bridgehead atoms. The molecule has 1 aromatic heterocycles. The number of hydrogen-bond donors (Lipinski definition) is 1. The molecule has 4 rings (SSSR count). The zero-order valence-corrected chi connectivity index (χ0v) is 16.0. The van der Waals surface area contributed by atoms with Gasteiger partial charge in [-0.2, -0.15) is 0 Å². The Morgan fingerprint density at radius 2 is 1.93 bits per heavy atom. The molecular weight excluding hydrogens is 354 g/mol. The Kier molecular flexibility index (Phi) is 5.02. The largest absolute Gasteiger partial charge is 0.493 e. The fourth-order valence-electron chi connectivity index (χ4n) is 3.81. The number of benzene rings is 2. The average Bonchev–Trinajstić information content (AvgIpc) is 3.23. The second-order valence-electron chi connectivity index (χ2n) is 6.78. The zero-order chi connectivity index (χ0) is 19.5. The highest BCUT2D eigenvalue weighted by molar-refractivity contribution is 5.99. The van der Waals surface area contributed by atoms with Gasteiger partial charge in [-0.3, -0.25) is 4.98 Å². The molecule has 1 aliphatic rings. The van der Waals surface area contributed by atoms with Crippen LogP contribution in [0.5, 0.6) is 11.5 Å². The molecule has 0 saturated carbocycles. The van der Waals surface area contributed by atoms with Crippen LogP contribution >= 0.6 is 0 Å². The fourth-order valence-corrected chi connectivity index (χ4v) is 3.81. The lowest BCUT2D eigenvalue weighted by Crippen LogP contribution is -2.34. The van der Waals surface area contributed by atoms with Crippen molar-refractivity contribution in [2.75, 3.05) is 26.1 Å². The quantitative estimate of drug-likeness (QED) is 0.720. The molecule has 2 amide bonds. The Morgan fingerprint density at radius 3 is 2.75 bits per heavy atom. The van der Waals surface area contributed by atoms with Crippen LogP contribution in [0, 0.1) is 0 Å². The van der Waals surface area contributed by atoms with Crippen LogP contribution in [-0.2, 0) is 0 Å². The van der Waals surface area contributed by atoms with Gasteiger partial charge < -0.3 is 19.7 Å². The molecule has 0 aliphatic carbocycles. The van der Waals surface area contributed by atoms with Gasteiger partial charge in [0.15, 0.2) is 11.5 Å². The number of carbonyl (C=O) groups is 1. The third-order valence-corrected chi connectivity index (χ3v) is 5.18. The van der Waals surface area contributed by atoms with Crippen LogP contribution in [0.25, 0.3) is 10.9 Å². The second kappa shape index (κ2) is 7.76. The first-order valence-electron chi connectivity index (χ1n) is 9.34. The lowest BCUT2D eigenvalue weighted by molar-refractivity contribution is 0.207. The fraction of sp³-hybridized carbons (Fsp3) is 0.273. The van der Waals surface area contributed by atoms with E-state index in [0.29, 0.717) is 18.0 Å². The first-order valence-corrected chi connectivity index (χ1v) is 9.34. The Bertz CT molecular complexity index is 1000. The SMILES string of the molecule is COc1ccc([C@@H]2CCCN2C(=O)Nc2cccc3cccnc23)cc1OC. The number of urea groups is 1. The van der Waals surface area contributed by atoms with E-state index in [1.54, 1.807) is 20.4 Å². The maximum absolute atomic E-state index is 13.1. The van der Waals surface area contributed by atoms with E-state index >= 15 is 0 Å². The predicted molar refractivity (Wildman–Crippen MR) is 109 cm³/mol. The number of anilines is 1. The van der Waals surface area contributed by atoms with Crippen molar-refractivity contribution in [1.82, 2.24) is 9.88 Å². The van der Waals surface area contributed by atoms with E-state index in [9.17, 15) is 4.79 Å². The topological polar surface area (TPSA) is 63.7 Å². The molecule has 1 fully saturated rings. The smallest absolute Gasteiger partial charge is 0.322 e. The molecule has 1 saturated heterocycles. The molecule has 6 nitrogen and oxygen atoms in total. The number of para-hydroxylation sites is 1. The summed E-state index contributed by atoms with van der Waals surface area (Å²) in [6.07, 6.45) is 3.61. The van der Waals surface area contributed by atoms with Crippen LogP contribution in [0.4, 0.5) is 10.5 Å². The van der Waals surface area contributed by atoms with E-state index in [4.69, 9.17) is 9.47 Å². The maximum atomic E-state index is 13.1. The van der Waals surface area contributed by atoms with Crippen LogP contribution < -0.4 is 14.8 Å². The van der Waals surface area contributed by atoms with Crippen molar-refractivity contribution in [3.63, 3.8) is 0 Å². The Balaban J connectivity index is 1.59. The van der Waals surface area contributed by atoms with Crippen LogP contribution in [0.3, 0.4) is 0 Å². The average molecular weight is 377 g/mol. The first-order chi connectivity index (χ1) is 13.7. The molecule has 0 spiro atoms. The molecule has 144 valence electrons. The van der Waals surface area contributed by atoms with E-state index in [0.717, 1.165) is 35.0 Å². The maximum Gasteiger partial charge on any atom is 0.322 e. The number of aromatic nitrogens is 1. The van der Waals surface area contributed by atoms with Crippen molar-refractivity contribution in [3.05, 3.63) is 60.3 Å². The summed E-state index contributed by atoms with van der Waals surface area (Å²) in [5.41, 5.74) is 2.56. The van der Waals surface area contributed by atoms with Gasteiger partial charge >= 0.3 is 6.03 Å². The van der Waals surface area contributed by atoms with Crippen LogP contribution in [0.15, 0.2) is 54.7 Å². The van der Waals surface area contributed by atoms with Crippen molar-refractivity contribution < 1.29 is 14.3 Å². The van der Waals surface area contributed by atoms with Crippen LogP contribution in [0.1, 0.15) is 24.4 Å². The minimum absolute atomic E-state index is 0.00254. The van der Waals surface area contributed by atoms with Crippen molar-refractivity contribution in [2.24, 2.45) is 0 Å². The number of likely N-dealkylation sites (tertiary alicyclic amines) is 1. The van der Waals surface area contributed by atoms with E-state index in [1.165, 1.54) is 0 Å². The minimum Gasteiger partial charge on any atom is -0.493 e. The van der Waals surface area contributed by atoms with Crippen LogP contribution in [0.2, 0.25) is 0 Å². The van der Waals surface area contributed by atoms with E-state index in [1.807, 2.05) is 53.4 Å². The minimum atomic E-state index is -0.115. The van der Waals surface area contributed by atoms with E-state index in [2.05, 4.69) is 10.3 Å². The number of nitrogens with one attached hydrogen (secondary N) is 1. The van der Waals surface area contributed by atoms with E-state index in [-0.39, 0.29) is 12.1 Å². The van der Waals surface area contributed by atoms with Crippen molar-refractivity contribution >= 4 is 22.6 Å². The molecule has 2 aromatic carbocycles. The summed E-state index contributed by atoms with van der Waals surface area (Å²) in [6, 6.07) is 15.4. The molecule has 1 aliphatic heterocycles. The van der Waals surface area contributed by atoms with E-state index < -0.39 is 0 Å². The number of amides is 2. The predicted octanol–water partition coefficient (Wildman–Crippen LogP) is 4.62. The third-order valence-electron chi connectivity index (χ3n) is 5.18. The summed E-state index contributed by atoms with van der Waals surface area (Å²) in [6.45, 7) is 0.711. The summed E-state index contributed by atoms with van der Waals surface area (Å²) in [5.74, 6) is 1.35. The number of ether oxygens (including phenoxy) is 2. The summed E-state index contributed by atoms with van der Waals surface area (Å²) in [7, 11) is 3.24.